The lowest BCUT2D eigenvalue weighted by molar-refractivity contribution is -0.786. The van der Waals surface area contributed by atoms with E-state index in [1.807, 2.05) is 66.7 Å². The van der Waals surface area contributed by atoms with Crippen LogP contribution in [0, 0.1) is 45.1 Å². The molecule has 12 heteroatoms. The Bertz CT molecular complexity index is 6830. The molecular formula is C126H121B4F3N4O. The van der Waals surface area contributed by atoms with E-state index in [4.69, 9.17) is 4.74 Å². The van der Waals surface area contributed by atoms with E-state index in [0.29, 0.717) is 4.39 Å². The zero-order valence-electron chi connectivity index (χ0n) is 81.3. The number of nitrogens with zero attached hydrogens (tertiary/aromatic N) is 4. The molecular weight excluding hydrogens is 1690 g/mol. The summed E-state index contributed by atoms with van der Waals surface area (Å²) in [4.78, 5) is 0. The number of aryl methyl sites for hydroxylation is 4. The van der Waals surface area contributed by atoms with Gasteiger partial charge in [-0.1, -0.05) is 450 Å². The first kappa shape index (κ1) is 93.7. The van der Waals surface area contributed by atoms with Crippen LogP contribution in [0.25, 0.3) is 55.8 Å². The maximum absolute atomic E-state index is 14.1. The van der Waals surface area contributed by atoms with Gasteiger partial charge in [-0.2, -0.15) is 0 Å². The Morgan fingerprint density at radius 2 is 0.500 bits per heavy atom. The fourth-order valence-corrected chi connectivity index (χ4v) is 24.6. The number of rotatable bonds is 17. The number of pyridine rings is 1. The van der Waals surface area contributed by atoms with E-state index in [-0.39, 0.29) is 17.5 Å². The number of aromatic nitrogens is 1. The Hall–Kier alpha value is -14.6. The van der Waals surface area contributed by atoms with Gasteiger partial charge in [-0.05, 0) is 111 Å². The van der Waals surface area contributed by atoms with Gasteiger partial charge in [-0.25, -0.2) is 13.2 Å². The van der Waals surface area contributed by atoms with Crippen molar-refractivity contribution in [2.75, 3.05) is 69.0 Å². The van der Waals surface area contributed by atoms with Crippen molar-refractivity contribution in [2.24, 2.45) is 0 Å². The van der Waals surface area contributed by atoms with Crippen LogP contribution in [-0.4, -0.2) is 107 Å². The van der Waals surface area contributed by atoms with E-state index in [2.05, 4.69) is 433 Å². The maximum Gasteiger partial charge on any atom is 0.361 e. The average molecular weight is 1810 g/mol. The van der Waals surface area contributed by atoms with Crippen LogP contribution < -0.4 is 52.9 Å². The largest absolute Gasteiger partial charge is 0.508 e. The Morgan fingerprint density at radius 3 is 0.819 bits per heavy atom. The van der Waals surface area contributed by atoms with Crippen LogP contribution >= 0.6 is 0 Å². The van der Waals surface area contributed by atoms with Gasteiger partial charge < -0.3 is 22.4 Å². The number of ether oxygens (including phenoxy) is 1. The molecule has 4 aliphatic rings. The summed E-state index contributed by atoms with van der Waals surface area (Å²) in [5.74, 6) is -0.0580. The number of halogens is 3. The van der Waals surface area contributed by atoms with Gasteiger partial charge in [0.05, 0.1) is 7.11 Å². The first-order valence-corrected chi connectivity index (χ1v) is 48.7. The molecule has 138 heavy (non-hydrogen) atoms. The molecule has 17 aromatic rings. The summed E-state index contributed by atoms with van der Waals surface area (Å²) < 4.78 is 52.7. The summed E-state index contributed by atoms with van der Waals surface area (Å²) in [6.07, 6.45) is 1.82. The third-order valence-corrected chi connectivity index (χ3v) is 31.1. The molecule has 0 N–H and O–H groups in total. The molecule has 5 nitrogen and oxygen atoms in total. The van der Waals surface area contributed by atoms with E-state index >= 15 is 0 Å². The highest BCUT2D eigenvalue weighted by molar-refractivity contribution is 7.13. The number of quaternary nitrogens is 3. The van der Waals surface area contributed by atoms with Gasteiger partial charge >= 0.3 is 6.28 Å². The van der Waals surface area contributed by atoms with Gasteiger partial charge in [0.2, 0.25) is 0 Å². The Balaban J connectivity index is 0.000000122. The van der Waals surface area contributed by atoms with Gasteiger partial charge in [0.15, 0.2) is 5.69 Å². The van der Waals surface area contributed by atoms with Crippen molar-refractivity contribution in [1.29, 1.82) is 0 Å². The van der Waals surface area contributed by atoms with Gasteiger partial charge in [-0.15, -0.1) is 65.6 Å². The van der Waals surface area contributed by atoms with E-state index in [9.17, 15) is 13.2 Å². The van der Waals surface area contributed by atoms with E-state index in [1.54, 1.807) is 7.11 Å². The summed E-state index contributed by atoms with van der Waals surface area (Å²) in [6.45, 7) is 11.8. The first-order valence-electron chi connectivity index (χ1n) is 48.7. The van der Waals surface area contributed by atoms with Crippen molar-refractivity contribution in [3.8, 4) is 16.9 Å². The number of fused-ring (bicyclic) bond motifs is 1. The zero-order valence-corrected chi connectivity index (χ0v) is 81.3. The molecule has 0 bridgehead atoms. The minimum atomic E-state index is -1.78. The van der Waals surface area contributed by atoms with Crippen molar-refractivity contribution in [1.82, 2.24) is 0 Å². The number of methoxy groups -OCH3 is 1. The predicted molar refractivity (Wildman–Crippen MR) is 583 cm³/mol. The van der Waals surface area contributed by atoms with Crippen LogP contribution in [0.4, 0.5) is 13.2 Å². The van der Waals surface area contributed by atoms with Gasteiger partial charge in [-0.3, -0.25) is 0 Å². The second kappa shape index (κ2) is 40.0. The summed E-state index contributed by atoms with van der Waals surface area (Å²) >= 11 is 0. The highest BCUT2D eigenvalue weighted by Crippen LogP contribution is 2.48. The minimum Gasteiger partial charge on any atom is -0.508 e. The molecule has 0 fully saturated rings. The summed E-state index contributed by atoms with van der Waals surface area (Å²) in [5, 5.41) is 0. The Kier molecular flexibility index (Phi) is 27.1. The molecule has 0 saturated heterocycles. The van der Waals surface area contributed by atoms with Crippen LogP contribution in [0.5, 0.6) is 5.75 Å². The zero-order chi connectivity index (χ0) is 95.8. The lowest BCUT2D eigenvalue weighted by Crippen LogP contribution is -2.79. The van der Waals surface area contributed by atoms with Gasteiger partial charge in [0, 0.05) is 92.3 Å². The summed E-state index contributed by atoms with van der Waals surface area (Å²) in [6, 6.07) is 157. The predicted octanol–water partition coefficient (Wildman–Crippen LogP) is 23.1. The molecule has 1 aromatic heterocycles. The second-order valence-electron chi connectivity index (χ2n) is 40.0. The average Bonchev–Trinajstić information content (AvgIpc) is 1.70. The standard InChI is InChI=1S/C33H28BNO.C33H36BN.C30H27BF3N.C30H30BN/c1-25-22-28(26-18-20-31(36-2)21-19-26)24-35-33(25)23-32(27-12-6-3-7-13-27)34(35,29-14-8-4-9-15-29)30-16-10-5-11-17-30;1-25-11-17-29(18-12-25)33-32(28-9-7-6-8-10-28)23-24-35(4,5)34(33,30-19-13-26(2)14-20-30)31-21-15-27(3)16-22-31;1-35(2)21-20-29(22-6-4-3-5-7-22)30(23-8-14-26(32)15-9-23)31(35,24-10-16-27(33)17-11-24)25-12-18-28(34)19-13-25;1-32(2)24-23-29(25-15-7-3-8-16-25)30(26-17-9-4-10-18-26)31(32,27-19-11-5-12-20-27)28-21-13-6-14-22-28/h3-24H,1-2H3;6-22H,23-24H2,1-5H3;3-19H,20-21H2,1-2H3;3-22H,23-24H2,1-2H3. The SMILES string of the molecule is COc1ccc(-c2cc(C)c3[n+](c2)[B-](c2ccccc2)(c2ccccc2)C(c2ccccc2)=C3)cc1.C[N+]1(C)CCC(c2ccccc2)=C(c2ccc(F)cc2)[B-]1(c1ccc(F)cc1)c1ccc(F)cc1.C[N+]1(C)CCC(c2ccccc2)=C(c2ccccc2)[B-]1(c1ccccc1)c1ccccc1.Cc1ccc(C2=C(c3ccccc3)CC[N+](C)(C)[B-]2(c2ccc(C)cc2)c2ccc(C)cc2)cc1. The van der Waals surface area contributed by atoms with E-state index in [0.717, 1.165) is 81.0 Å². The molecule has 0 amide bonds. The van der Waals surface area contributed by atoms with Crippen molar-refractivity contribution in [3.63, 3.8) is 0 Å². The van der Waals surface area contributed by atoms with Crippen LogP contribution in [0.1, 0.15) is 86.2 Å². The highest BCUT2D eigenvalue weighted by Gasteiger charge is 2.56. The molecule has 0 saturated carbocycles. The van der Waals surface area contributed by atoms with Crippen LogP contribution in [0.15, 0.2) is 455 Å². The fraction of sp³-hybridized carbons (Fsp3) is 0.135. The quantitative estimate of drug-likeness (QED) is 0.0828. The van der Waals surface area contributed by atoms with Crippen molar-refractivity contribution in [3.05, 3.63) is 539 Å². The Morgan fingerprint density at radius 1 is 0.254 bits per heavy atom. The third kappa shape index (κ3) is 17.6. The third-order valence-electron chi connectivity index (χ3n) is 31.1. The molecule has 5 heterocycles. The molecule has 684 valence electrons. The summed E-state index contributed by atoms with van der Waals surface area (Å²) in [7, 11) is 15.8. The lowest BCUT2D eigenvalue weighted by Gasteiger charge is -2.61. The van der Waals surface area contributed by atoms with Crippen LogP contribution in [0.2, 0.25) is 0 Å². The molecule has 0 spiro atoms. The molecule has 0 unspecified atom stereocenters. The van der Waals surface area contributed by atoms with Crippen LogP contribution in [-0.2, 0) is 0 Å². The molecule has 4 aliphatic heterocycles. The van der Waals surface area contributed by atoms with E-state index in [1.165, 1.54) is 169 Å². The van der Waals surface area contributed by atoms with Crippen molar-refractivity contribution >= 4 is 114 Å². The van der Waals surface area contributed by atoms with Crippen molar-refractivity contribution < 1.29 is 35.6 Å². The fourth-order valence-electron chi connectivity index (χ4n) is 24.6. The second-order valence-corrected chi connectivity index (χ2v) is 40.0. The molecule has 16 aromatic carbocycles. The monoisotopic (exact) mass is 1810 g/mol. The smallest absolute Gasteiger partial charge is 0.361 e. The molecule has 0 aliphatic carbocycles. The number of hydrogen-bond acceptors (Lipinski definition) is 1. The van der Waals surface area contributed by atoms with Crippen molar-refractivity contribution in [2.45, 2.75) is 47.0 Å². The molecule has 0 radical (unpaired) electrons. The Labute approximate surface area is 815 Å². The van der Waals surface area contributed by atoms with Gasteiger partial charge in [0.1, 0.15) is 29.4 Å². The molecule has 0 atom stereocenters. The number of benzene rings is 16. The topological polar surface area (TPSA) is 13.1 Å². The lowest BCUT2D eigenvalue weighted by atomic mass is 9.19. The summed E-state index contributed by atoms with van der Waals surface area (Å²) in [5.41, 5.74) is 37.0. The number of hydrogen-bond donors (Lipinski definition) is 0. The van der Waals surface area contributed by atoms with Crippen LogP contribution in [0.3, 0.4) is 0 Å². The van der Waals surface area contributed by atoms with E-state index < -0.39 is 25.1 Å². The maximum atomic E-state index is 14.1. The highest BCUT2D eigenvalue weighted by atomic mass is 19.1. The molecule has 21 rings (SSSR count). The van der Waals surface area contributed by atoms with Gasteiger partial charge in [0.25, 0.3) is 18.8 Å². The first-order chi connectivity index (χ1) is 67.0. The minimum absolute atomic E-state index is 0.304. The normalized spacial score (nSPS) is 16.1.